The number of hydrogen-bond donors (Lipinski definition) is 1. The van der Waals surface area contributed by atoms with Crippen LogP contribution in [-0.4, -0.2) is 31.1 Å². The maximum Gasteiger partial charge on any atom is 0.166 e. The standard InChI is InChI=1S/C27H31ClN2O2/c1-31-26-13-7-11-22(27(26)32-20-23-10-5-6-12-25(23)28)18-29-24-14-16-30(17-15-24)19-21-8-3-2-4-9-21/h2-13,24,29H,14-20H2,1H3. The summed E-state index contributed by atoms with van der Waals surface area (Å²) in [4.78, 5) is 2.54. The summed E-state index contributed by atoms with van der Waals surface area (Å²) in [5.41, 5.74) is 3.45. The van der Waals surface area contributed by atoms with Crippen LogP contribution in [0.2, 0.25) is 5.02 Å². The van der Waals surface area contributed by atoms with Crippen molar-refractivity contribution >= 4 is 11.6 Å². The zero-order valence-electron chi connectivity index (χ0n) is 18.6. The molecule has 0 bridgehead atoms. The Morgan fingerprint density at radius 2 is 1.62 bits per heavy atom. The third kappa shape index (κ3) is 6.04. The van der Waals surface area contributed by atoms with Crippen LogP contribution in [0.15, 0.2) is 72.8 Å². The Bertz CT molecular complexity index is 988. The molecule has 1 heterocycles. The predicted molar refractivity (Wildman–Crippen MR) is 130 cm³/mol. The van der Waals surface area contributed by atoms with E-state index in [1.165, 1.54) is 5.56 Å². The summed E-state index contributed by atoms with van der Waals surface area (Å²) in [7, 11) is 1.68. The van der Waals surface area contributed by atoms with Crippen LogP contribution in [0.25, 0.3) is 0 Å². The Balaban J connectivity index is 1.33. The van der Waals surface area contributed by atoms with Crippen LogP contribution in [0, 0.1) is 0 Å². The Labute approximate surface area is 196 Å². The summed E-state index contributed by atoms with van der Waals surface area (Å²) in [6.07, 6.45) is 2.29. The number of rotatable bonds is 9. The molecule has 0 radical (unpaired) electrons. The molecule has 1 aliphatic rings. The summed E-state index contributed by atoms with van der Waals surface area (Å²) >= 11 is 6.30. The van der Waals surface area contributed by atoms with E-state index in [4.69, 9.17) is 21.1 Å². The lowest BCUT2D eigenvalue weighted by Gasteiger charge is -2.32. The lowest BCUT2D eigenvalue weighted by atomic mass is 10.0. The maximum atomic E-state index is 6.30. The van der Waals surface area contributed by atoms with Gasteiger partial charge in [0.25, 0.3) is 0 Å². The van der Waals surface area contributed by atoms with Crippen molar-refractivity contribution in [2.24, 2.45) is 0 Å². The number of methoxy groups -OCH3 is 1. The van der Waals surface area contributed by atoms with Crippen LogP contribution in [0.1, 0.15) is 29.5 Å². The molecule has 1 aliphatic heterocycles. The van der Waals surface area contributed by atoms with Gasteiger partial charge in [0.2, 0.25) is 0 Å². The van der Waals surface area contributed by atoms with E-state index >= 15 is 0 Å². The lowest BCUT2D eigenvalue weighted by Crippen LogP contribution is -2.41. The van der Waals surface area contributed by atoms with Gasteiger partial charge in [-0.3, -0.25) is 4.90 Å². The third-order valence-corrected chi connectivity index (χ3v) is 6.40. The van der Waals surface area contributed by atoms with E-state index in [9.17, 15) is 0 Å². The minimum atomic E-state index is 0.408. The number of benzene rings is 3. The van der Waals surface area contributed by atoms with E-state index in [0.29, 0.717) is 17.7 Å². The van der Waals surface area contributed by atoms with Gasteiger partial charge in [-0.1, -0.05) is 72.3 Å². The van der Waals surface area contributed by atoms with Gasteiger partial charge < -0.3 is 14.8 Å². The Morgan fingerprint density at radius 1 is 0.906 bits per heavy atom. The van der Waals surface area contributed by atoms with Gasteiger partial charge in [0.05, 0.1) is 7.11 Å². The fourth-order valence-electron chi connectivity index (χ4n) is 4.18. The van der Waals surface area contributed by atoms with Gasteiger partial charge in [0.1, 0.15) is 6.61 Å². The third-order valence-electron chi connectivity index (χ3n) is 6.03. The molecule has 32 heavy (non-hydrogen) atoms. The molecule has 0 aromatic heterocycles. The van der Waals surface area contributed by atoms with E-state index in [1.54, 1.807) is 7.11 Å². The van der Waals surface area contributed by atoms with Gasteiger partial charge in [-0.25, -0.2) is 0 Å². The minimum absolute atomic E-state index is 0.408. The van der Waals surface area contributed by atoms with Crippen LogP contribution in [0.4, 0.5) is 0 Å². The highest BCUT2D eigenvalue weighted by Crippen LogP contribution is 2.32. The number of piperidine rings is 1. The van der Waals surface area contributed by atoms with Crippen molar-refractivity contribution in [1.29, 1.82) is 0 Å². The fraction of sp³-hybridized carbons (Fsp3) is 0.333. The molecule has 5 heteroatoms. The number of likely N-dealkylation sites (tertiary alicyclic amines) is 1. The highest BCUT2D eigenvalue weighted by Gasteiger charge is 2.20. The van der Waals surface area contributed by atoms with Gasteiger partial charge in [0.15, 0.2) is 11.5 Å². The minimum Gasteiger partial charge on any atom is -0.493 e. The van der Waals surface area contributed by atoms with Crippen molar-refractivity contribution in [2.45, 2.75) is 38.6 Å². The molecule has 1 N–H and O–H groups in total. The summed E-state index contributed by atoms with van der Waals surface area (Å²) in [6.45, 7) is 4.41. The number of nitrogens with one attached hydrogen (secondary N) is 1. The van der Waals surface area contributed by atoms with Gasteiger partial charge in [-0.2, -0.15) is 0 Å². The van der Waals surface area contributed by atoms with E-state index in [-0.39, 0.29) is 0 Å². The molecule has 1 fully saturated rings. The number of ether oxygens (including phenoxy) is 2. The smallest absolute Gasteiger partial charge is 0.166 e. The second kappa shape index (κ2) is 11.4. The molecule has 168 valence electrons. The lowest BCUT2D eigenvalue weighted by molar-refractivity contribution is 0.189. The summed E-state index contributed by atoms with van der Waals surface area (Å²) in [5, 5.41) is 4.45. The van der Waals surface area contributed by atoms with Crippen molar-refractivity contribution in [3.8, 4) is 11.5 Å². The highest BCUT2D eigenvalue weighted by molar-refractivity contribution is 6.31. The summed E-state index contributed by atoms with van der Waals surface area (Å²) in [6, 6.07) is 25.0. The number of nitrogens with zero attached hydrogens (tertiary/aromatic N) is 1. The van der Waals surface area contributed by atoms with Gasteiger partial charge in [-0.05, 0) is 43.6 Å². The monoisotopic (exact) mass is 450 g/mol. The zero-order valence-corrected chi connectivity index (χ0v) is 19.4. The van der Waals surface area contributed by atoms with E-state index in [2.05, 4.69) is 46.6 Å². The van der Waals surface area contributed by atoms with Gasteiger partial charge in [0, 0.05) is 35.3 Å². The van der Waals surface area contributed by atoms with Crippen molar-refractivity contribution in [2.75, 3.05) is 20.2 Å². The zero-order chi connectivity index (χ0) is 22.2. The molecular formula is C27H31ClN2O2. The summed E-state index contributed by atoms with van der Waals surface area (Å²) in [5.74, 6) is 1.53. The van der Waals surface area contributed by atoms with Crippen LogP contribution in [-0.2, 0) is 19.7 Å². The first-order valence-corrected chi connectivity index (χ1v) is 11.6. The number of hydrogen-bond acceptors (Lipinski definition) is 4. The Hall–Kier alpha value is -2.53. The molecule has 0 atom stereocenters. The van der Waals surface area contributed by atoms with E-state index < -0.39 is 0 Å². The quantitative estimate of drug-likeness (QED) is 0.454. The molecule has 4 nitrogen and oxygen atoms in total. The van der Waals surface area contributed by atoms with Crippen molar-refractivity contribution in [1.82, 2.24) is 10.2 Å². The first-order chi connectivity index (χ1) is 15.7. The Morgan fingerprint density at radius 3 is 2.38 bits per heavy atom. The van der Waals surface area contributed by atoms with Crippen molar-refractivity contribution < 1.29 is 9.47 Å². The van der Waals surface area contributed by atoms with Crippen molar-refractivity contribution in [3.63, 3.8) is 0 Å². The fourth-order valence-corrected chi connectivity index (χ4v) is 4.37. The SMILES string of the molecule is COc1cccc(CNC2CCN(Cc3ccccc3)CC2)c1OCc1ccccc1Cl. The topological polar surface area (TPSA) is 33.7 Å². The molecule has 3 aromatic rings. The highest BCUT2D eigenvalue weighted by atomic mass is 35.5. The molecule has 1 saturated heterocycles. The molecule has 3 aromatic carbocycles. The molecule has 0 unspecified atom stereocenters. The van der Waals surface area contributed by atoms with Gasteiger partial charge in [-0.15, -0.1) is 0 Å². The maximum absolute atomic E-state index is 6.30. The second-order valence-corrected chi connectivity index (χ2v) is 8.65. The van der Waals surface area contributed by atoms with E-state index in [1.807, 2.05) is 36.4 Å². The average Bonchev–Trinajstić information content (AvgIpc) is 2.84. The second-order valence-electron chi connectivity index (χ2n) is 8.25. The number of para-hydroxylation sites is 1. The largest absolute Gasteiger partial charge is 0.493 e. The number of halogens is 1. The normalized spacial score (nSPS) is 14.9. The molecular weight excluding hydrogens is 420 g/mol. The first-order valence-electron chi connectivity index (χ1n) is 11.2. The van der Waals surface area contributed by atoms with Crippen LogP contribution >= 0.6 is 11.6 Å². The molecule has 0 aliphatic carbocycles. The van der Waals surface area contributed by atoms with Crippen LogP contribution in [0.3, 0.4) is 0 Å². The predicted octanol–water partition coefficient (Wildman–Crippen LogP) is 5.68. The van der Waals surface area contributed by atoms with E-state index in [0.717, 1.165) is 61.6 Å². The first kappa shape index (κ1) is 22.7. The van der Waals surface area contributed by atoms with Crippen LogP contribution < -0.4 is 14.8 Å². The van der Waals surface area contributed by atoms with Crippen molar-refractivity contribution in [3.05, 3.63) is 94.5 Å². The molecule has 0 saturated carbocycles. The molecule has 0 amide bonds. The van der Waals surface area contributed by atoms with Gasteiger partial charge >= 0.3 is 0 Å². The molecule has 0 spiro atoms. The van der Waals surface area contributed by atoms with Crippen LogP contribution in [0.5, 0.6) is 11.5 Å². The average molecular weight is 451 g/mol. The molecule has 4 rings (SSSR count). The summed E-state index contributed by atoms with van der Waals surface area (Å²) < 4.78 is 11.8. The Kier molecular flexibility index (Phi) is 8.05.